The molecule has 0 fully saturated rings. The summed E-state index contributed by atoms with van der Waals surface area (Å²) in [6, 6.07) is 8.25. The molecule has 5 nitrogen and oxygen atoms in total. The van der Waals surface area contributed by atoms with E-state index in [4.69, 9.17) is 11.6 Å². The standard InChI is InChI=1S/C17H14ClN5/c1-22-10-14(15-5-6-19-17(18)21-15)13-4-3-11(7-16(13)22)12-8-20-23(2)9-12/h3-10H,1-2H3. The topological polar surface area (TPSA) is 48.5 Å². The summed E-state index contributed by atoms with van der Waals surface area (Å²) in [5, 5.41) is 5.63. The van der Waals surface area contributed by atoms with Gasteiger partial charge in [0.05, 0.1) is 11.9 Å². The van der Waals surface area contributed by atoms with Gasteiger partial charge in [0.25, 0.3) is 0 Å². The Kier molecular flexibility index (Phi) is 3.16. The predicted molar refractivity (Wildman–Crippen MR) is 91.2 cm³/mol. The molecular weight excluding hydrogens is 310 g/mol. The fourth-order valence-electron chi connectivity index (χ4n) is 2.82. The van der Waals surface area contributed by atoms with Gasteiger partial charge in [0, 0.05) is 54.7 Å². The average molecular weight is 324 g/mol. The largest absolute Gasteiger partial charge is 0.350 e. The third kappa shape index (κ3) is 2.39. The van der Waals surface area contributed by atoms with Crippen LogP contribution in [0.15, 0.2) is 49.1 Å². The Labute approximate surface area is 138 Å². The van der Waals surface area contributed by atoms with Gasteiger partial charge in [-0.15, -0.1) is 0 Å². The van der Waals surface area contributed by atoms with E-state index in [1.54, 1.807) is 10.9 Å². The number of hydrogen-bond acceptors (Lipinski definition) is 3. The predicted octanol–water partition coefficient (Wildman–Crippen LogP) is 3.69. The minimum Gasteiger partial charge on any atom is -0.350 e. The summed E-state index contributed by atoms with van der Waals surface area (Å²) in [6.07, 6.45) is 7.62. The molecule has 6 heteroatoms. The van der Waals surface area contributed by atoms with E-state index in [1.807, 2.05) is 32.6 Å². The quantitative estimate of drug-likeness (QED) is 0.529. The van der Waals surface area contributed by atoms with Crippen molar-refractivity contribution >= 4 is 22.5 Å². The van der Waals surface area contributed by atoms with Gasteiger partial charge in [0.1, 0.15) is 0 Å². The lowest BCUT2D eigenvalue weighted by Crippen LogP contribution is -1.85. The van der Waals surface area contributed by atoms with Crippen LogP contribution >= 0.6 is 11.6 Å². The lowest BCUT2D eigenvalue weighted by atomic mass is 10.0. The van der Waals surface area contributed by atoms with Gasteiger partial charge < -0.3 is 4.57 Å². The molecule has 0 atom stereocenters. The van der Waals surface area contributed by atoms with Crippen molar-refractivity contribution in [1.29, 1.82) is 0 Å². The number of rotatable bonds is 2. The summed E-state index contributed by atoms with van der Waals surface area (Å²) in [5.74, 6) is 0. The summed E-state index contributed by atoms with van der Waals surface area (Å²) in [4.78, 5) is 8.27. The Morgan fingerprint density at radius 2 is 1.91 bits per heavy atom. The van der Waals surface area contributed by atoms with Crippen LogP contribution in [0.2, 0.25) is 5.28 Å². The second kappa shape index (κ2) is 5.21. The van der Waals surface area contributed by atoms with Gasteiger partial charge in [-0.05, 0) is 29.3 Å². The maximum atomic E-state index is 5.92. The fraction of sp³-hybridized carbons (Fsp3) is 0.118. The molecule has 0 radical (unpaired) electrons. The number of halogens is 1. The second-order valence-corrected chi connectivity index (χ2v) is 5.84. The molecule has 0 amide bonds. The lowest BCUT2D eigenvalue weighted by molar-refractivity contribution is 0.768. The third-order valence-corrected chi connectivity index (χ3v) is 4.11. The first kappa shape index (κ1) is 14.0. The molecule has 0 aliphatic heterocycles. The average Bonchev–Trinajstić information content (AvgIpc) is 3.11. The van der Waals surface area contributed by atoms with Crippen molar-refractivity contribution in [2.45, 2.75) is 0 Å². The van der Waals surface area contributed by atoms with Gasteiger partial charge in [0.15, 0.2) is 0 Å². The molecule has 0 saturated carbocycles. The maximum Gasteiger partial charge on any atom is 0.222 e. The van der Waals surface area contributed by atoms with Crippen LogP contribution in [0.5, 0.6) is 0 Å². The maximum absolute atomic E-state index is 5.92. The first-order chi connectivity index (χ1) is 11.1. The highest BCUT2D eigenvalue weighted by molar-refractivity contribution is 6.28. The van der Waals surface area contributed by atoms with E-state index in [0.717, 1.165) is 33.3 Å². The molecule has 0 saturated heterocycles. The molecule has 3 aromatic heterocycles. The van der Waals surface area contributed by atoms with Gasteiger partial charge in [-0.3, -0.25) is 4.68 Å². The zero-order valence-corrected chi connectivity index (χ0v) is 13.5. The summed E-state index contributed by atoms with van der Waals surface area (Å²) < 4.78 is 3.90. The van der Waals surface area contributed by atoms with E-state index >= 15 is 0 Å². The van der Waals surface area contributed by atoms with Crippen LogP contribution < -0.4 is 0 Å². The van der Waals surface area contributed by atoms with Crippen LogP contribution in [0.4, 0.5) is 0 Å². The summed E-state index contributed by atoms with van der Waals surface area (Å²) >= 11 is 5.92. The highest BCUT2D eigenvalue weighted by Crippen LogP contribution is 2.32. The van der Waals surface area contributed by atoms with Gasteiger partial charge in [-0.1, -0.05) is 12.1 Å². The fourth-order valence-corrected chi connectivity index (χ4v) is 2.97. The number of aromatic nitrogens is 5. The zero-order chi connectivity index (χ0) is 16.0. The van der Waals surface area contributed by atoms with Crippen molar-refractivity contribution in [3.63, 3.8) is 0 Å². The minimum atomic E-state index is 0.256. The molecule has 4 rings (SSSR count). The number of hydrogen-bond donors (Lipinski definition) is 0. The number of aryl methyl sites for hydroxylation is 2. The molecule has 0 spiro atoms. The van der Waals surface area contributed by atoms with Crippen molar-refractivity contribution in [3.05, 3.63) is 54.3 Å². The molecule has 1 aromatic carbocycles. The summed E-state index contributed by atoms with van der Waals surface area (Å²) in [6.45, 7) is 0. The van der Waals surface area contributed by atoms with E-state index in [0.29, 0.717) is 0 Å². The Morgan fingerprint density at radius 1 is 1.04 bits per heavy atom. The van der Waals surface area contributed by atoms with Crippen molar-refractivity contribution < 1.29 is 0 Å². The minimum absolute atomic E-state index is 0.256. The molecule has 114 valence electrons. The van der Waals surface area contributed by atoms with E-state index in [2.05, 4.69) is 44.0 Å². The molecular formula is C17H14ClN5. The third-order valence-electron chi connectivity index (χ3n) is 3.93. The van der Waals surface area contributed by atoms with Crippen molar-refractivity contribution in [2.24, 2.45) is 14.1 Å². The Morgan fingerprint density at radius 3 is 2.65 bits per heavy atom. The smallest absolute Gasteiger partial charge is 0.222 e. The van der Waals surface area contributed by atoms with Crippen LogP contribution in [0.1, 0.15) is 0 Å². The molecule has 0 unspecified atom stereocenters. The zero-order valence-electron chi connectivity index (χ0n) is 12.7. The highest BCUT2D eigenvalue weighted by Gasteiger charge is 2.12. The molecule has 4 aromatic rings. The number of nitrogens with zero attached hydrogens (tertiary/aromatic N) is 5. The van der Waals surface area contributed by atoms with Crippen LogP contribution in [0.3, 0.4) is 0 Å². The van der Waals surface area contributed by atoms with Crippen molar-refractivity contribution in [1.82, 2.24) is 24.3 Å². The van der Waals surface area contributed by atoms with E-state index in [9.17, 15) is 0 Å². The Hall–Kier alpha value is -2.66. The van der Waals surface area contributed by atoms with Crippen LogP contribution in [0.25, 0.3) is 33.3 Å². The highest BCUT2D eigenvalue weighted by atomic mass is 35.5. The van der Waals surface area contributed by atoms with Crippen LogP contribution in [-0.4, -0.2) is 24.3 Å². The summed E-state index contributed by atoms with van der Waals surface area (Å²) in [7, 11) is 3.95. The molecule has 0 N–H and O–H groups in total. The SMILES string of the molecule is Cn1cc(-c2ccc3c(-c4ccnc(Cl)n4)cn(C)c3c2)cn1. The monoisotopic (exact) mass is 323 g/mol. The lowest BCUT2D eigenvalue weighted by Gasteiger charge is -2.02. The first-order valence-corrected chi connectivity index (χ1v) is 7.56. The number of benzene rings is 1. The van der Waals surface area contributed by atoms with Gasteiger partial charge in [-0.2, -0.15) is 5.10 Å². The van der Waals surface area contributed by atoms with E-state index in [1.165, 1.54) is 0 Å². The van der Waals surface area contributed by atoms with Gasteiger partial charge in [0.2, 0.25) is 5.28 Å². The number of fused-ring (bicyclic) bond motifs is 1. The van der Waals surface area contributed by atoms with E-state index < -0.39 is 0 Å². The van der Waals surface area contributed by atoms with Gasteiger partial charge >= 0.3 is 0 Å². The second-order valence-electron chi connectivity index (χ2n) is 5.50. The van der Waals surface area contributed by atoms with Crippen molar-refractivity contribution in [3.8, 4) is 22.4 Å². The molecule has 3 heterocycles. The van der Waals surface area contributed by atoms with E-state index in [-0.39, 0.29) is 5.28 Å². The Bertz CT molecular complexity index is 1010. The molecule has 0 aliphatic carbocycles. The first-order valence-electron chi connectivity index (χ1n) is 7.19. The summed E-state index contributed by atoms with van der Waals surface area (Å²) in [5.41, 5.74) is 5.24. The molecule has 0 bridgehead atoms. The molecule has 23 heavy (non-hydrogen) atoms. The van der Waals surface area contributed by atoms with Gasteiger partial charge in [-0.25, -0.2) is 9.97 Å². The van der Waals surface area contributed by atoms with Crippen molar-refractivity contribution in [2.75, 3.05) is 0 Å². The Balaban J connectivity index is 1.89. The van der Waals surface area contributed by atoms with Crippen LogP contribution in [0, 0.1) is 0 Å². The normalized spacial score (nSPS) is 11.3. The van der Waals surface area contributed by atoms with Crippen LogP contribution in [-0.2, 0) is 14.1 Å². The molecule has 0 aliphatic rings.